The van der Waals surface area contributed by atoms with Crippen molar-refractivity contribution in [1.29, 1.82) is 0 Å². The van der Waals surface area contributed by atoms with E-state index >= 15 is 0 Å². The Morgan fingerprint density at radius 1 is 1.25 bits per heavy atom. The lowest BCUT2D eigenvalue weighted by atomic mass is 10.2. The molecule has 1 aromatic carbocycles. The number of thioether (sulfide) groups is 1. The highest BCUT2D eigenvalue weighted by Crippen LogP contribution is 2.29. The van der Waals surface area contributed by atoms with Gasteiger partial charge in [-0.25, -0.2) is 4.79 Å². The van der Waals surface area contributed by atoms with E-state index < -0.39 is 11.5 Å². The molecule has 0 aliphatic rings. The van der Waals surface area contributed by atoms with Crippen molar-refractivity contribution in [3.63, 3.8) is 0 Å². The molecule has 0 bridgehead atoms. The van der Waals surface area contributed by atoms with Gasteiger partial charge in [-0.15, -0.1) is 0 Å². The number of hydrogen-bond donors (Lipinski definition) is 2. The molecule has 0 aromatic heterocycles. The summed E-state index contributed by atoms with van der Waals surface area (Å²) in [5, 5.41) is 11.5. The van der Waals surface area contributed by atoms with Gasteiger partial charge in [0.1, 0.15) is 12.4 Å². The minimum Gasteiger partial charge on any atom is -0.492 e. The molecule has 0 spiro atoms. The highest BCUT2D eigenvalue weighted by Gasteiger charge is 2.27. The number of alkyl halides is 3. The van der Waals surface area contributed by atoms with Crippen LogP contribution in [0, 0.1) is 0 Å². The van der Waals surface area contributed by atoms with E-state index in [2.05, 4.69) is 5.32 Å². The maximum Gasteiger partial charge on any atom is 0.441 e. The molecule has 0 heterocycles. The van der Waals surface area contributed by atoms with Crippen molar-refractivity contribution < 1.29 is 27.8 Å². The largest absolute Gasteiger partial charge is 0.492 e. The highest BCUT2D eigenvalue weighted by atomic mass is 32.2. The number of ether oxygens (including phenoxy) is 1. The lowest BCUT2D eigenvalue weighted by Crippen LogP contribution is -2.24. The molecular weight excluding hydrogens is 295 g/mol. The first kappa shape index (κ1) is 16.6. The SMILES string of the molecule is O=C(O)c1ccc(OCCNCCSC(F)(F)F)cc1. The van der Waals surface area contributed by atoms with Crippen molar-refractivity contribution in [1.82, 2.24) is 5.32 Å². The lowest BCUT2D eigenvalue weighted by Gasteiger charge is -2.08. The smallest absolute Gasteiger partial charge is 0.441 e. The van der Waals surface area contributed by atoms with Crippen LogP contribution >= 0.6 is 11.8 Å². The molecule has 0 aliphatic carbocycles. The fraction of sp³-hybridized carbons (Fsp3) is 0.417. The van der Waals surface area contributed by atoms with Crippen LogP contribution in [0.5, 0.6) is 5.75 Å². The van der Waals surface area contributed by atoms with Crippen LogP contribution in [0.4, 0.5) is 13.2 Å². The van der Waals surface area contributed by atoms with Crippen LogP contribution in [-0.2, 0) is 0 Å². The number of rotatable bonds is 8. The summed E-state index contributed by atoms with van der Waals surface area (Å²) in [6.07, 6.45) is 0. The molecule has 0 atom stereocenters. The zero-order valence-corrected chi connectivity index (χ0v) is 11.3. The number of aromatic carboxylic acids is 1. The quantitative estimate of drug-likeness (QED) is 0.723. The average Bonchev–Trinajstić information content (AvgIpc) is 2.37. The molecule has 20 heavy (non-hydrogen) atoms. The summed E-state index contributed by atoms with van der Waals surface area (Å²) in [4.78, 5) is 10.6. The van der Waals surface area contributed by atoms with E-state index in [1.54, 1.807) is 0 Å². The van der Waals surface area contributed by atoms with Gasteiger partial charge in [0, 0.05) is 18.8 Å². The molecule has 0 saturated carbocycles. The fourth-order valence-corrected chi connectivity index (χ4v) is 1.78. The van der Waals surface area contributed by atoms with Crippen molar-refractivity contribution in [2.75, 3.05) is 25.4 Å². The first-order valence-electron chi connectivity index (χ1n) is 5.76. The fourth-order valence-electron chi connectivity index (χ4n) is 1.30. The van der Waals surface area contributed by atoms with E-state index in [4.69, 9.17) is 9.84 Å². The number of nitrogens with one attached hydrogen (secondary N) is 1. The summed E-state index contributed by atoms with van der Waals surface area (Å²) in [5.74, 6) is -0.543. The van der Waals surface area contributed by atoms with Crippen molar-refractivity contribution in [3.05, 3.63) is 29.8 Å². The molecule has 112 valence electrons. The third-order valence-electron chi connectivity index (χ3n) is 2.19. The molecule has 0 amide bonds. The van der Waals surface area contributed by atoms with Crippen molar-refractivity contribution in [3.8, 4) is 5.75 Å². The van der Waals surface area contributed by atoms with Gasteiger partial charge in [-0.05, 0) is 36.0 Å². The number of benzene rings is 1. The van der Waals surface area contributed by atoms with Gasteiger partial charge in [0.05, 0.1) is 5.56 Å². The topological polar surface area (TPSA) is 58.6 Å². The monoisotopic (exact) mass is 309 g/mol. The van der Waals surface area contributed by atoms with Gasteiger partial charge in [-0.3, -0.25) is 0 Å². The van der Waals surface area contributed by atoms with Crippen LogP contribution in [-0.4, -0.2) is 42.0 Å². The number of carboxylic acid groups (broad SMARTS) is 1. The van der Waals surface area contributed by atoms with E-state index in [-0.39, 0.29) is 29.6 Å². The molecule has 4 nitrogen and oxygen atoms in total. The van der Waals surface area contributed by atoms with E-state index in [0.717, 1.165) is 0 Å². The first-order valence-corrected chi connectivity index (χ1v) is 6.74. The van der Waals surface area contributed by atoms with Crippen LogP contribution in [0.15, 0.2) is 24.3 Å². The van der Waals surface area contributed by atoms with Gasteiger partial charge < -0.3 is 15.2 Å². The predicted molar refractivity (Wildman–Crippen MR) is 70.3 cm³/mol. The van der Waals surface area contributed by atoms with Crippen LogP contribution in [0.2, 0.25) is 0 Å². The Hall–Kier alpha value is -1.41. The lowest BCUT2D eigenvalue weighted by molar-refractivity contribution is -0.0327. The Morgan fingerprint density at radius 3 is 2.45 bits per heavy atom. The van der Waals surface area contributed by atoms with Gasteiger partial charge in [-0.2, -0.15) is 13.2 Å². The number of hydrogen-bond acceptors (Lipinski definition) is 4. The average molecular weight is 309 g/mol. The number of halogens is 3. The Kier molecular flexibility index (Phi) is 6.66. The second kappa shape index (κ2) is 8.01. The van der Waals surface area contributed by atoms with Crippen LogP contribution in [0.25, 0.3) is 0 Å². The second-order valence-corrected chi connectivity index (χ2v) is 4.88. The highest BCUT2D eigenvalue weighted by molar-refractivity contribution is 8.00. The Labute approximate surface area is 118 Å². The summed E-state index contributed by atoms with van der Waals surface area (Å²) < 4.78 is 40.7. The van der Waals surface area contributed by atoms with Crippen LogP contribution < -0.4 is 10.1 Å². The van der Waals surface area contributed by atoms with Gasteiger partial charge in [0.25, 0.3) is 0 Å². The number of carboxylic acids is 1. The second-order valence-electron chi connectivity index (χ2n) is 3.72. The molecular formula is C12H14F3NO3S. The van der Waals surface area contributed by atoms with Gasteiger partial charge in [0.2, 0.25) is 0 Å². The standard InChI is InChI=1S/C12H14F3NO3S/c13-12(14,15)20-8-6-16-5-7-19-10-3-1-9(2-4-10)11(17)18/h1-4,16H,5-8H2,(H,17,18). The first-order chi connectivity index (χ1) is 9.38. The molecule has 1 aromatic rings. The summed E-state index contributed by atoms with van der Waals surface area (Å²) in [6.45, 7) is 0.952. The van der Waals surface area contributed by atoms with Crippen LogP contribution in [0.1, 0.15) is 10.4 Å². The van der Waals surface area contributed by atoms with E-state index in [0.29, 0.717) is 18.9 Å². The molecule has 1 rings (SSSR count). The van der Waals surface area contributed by atoms with E-state index in [9.17, 15) is 18.0 Å². The van der Waals surface area contributed by atoms with Crippen LogP contribution in [0.3, 0.4) is 0 Å². The van der Waals surface area contributed by atoms with Crippen molar-refractivity contribution >= 4 is 17.7 Å². The minimum atomic E-state index is -4.19. The maximum absolute atomic E-state index is 11.8. The van der Waals surface area contributed by atoms with Gasteiger partial charge in [0.15, 0.2) is 0 Å². The molecule has 0 fully saturated rings. The maximum atomic E-state index is 11.8. The third-order valence-corrected chi connectivity index (χ3v) is 2.93. The van der Waals surface area contributed by atoms with Gasteiger partial charge in [-0.1, -0.05) is 0 Å². The minimum absolute atomic E-state index is 0.0448. The molecule has 0 saturated heterocycles. The summed E-state index contributed by atoms with van der Waals surface area (Å²) in [5.41, 5.74) is -4.02. The Morgan fingerprint density at radius 2 is 1.90 bits per heavy atom. The summed E-state index contributed by atoms with van der Waals surface area (Å²) in [6, 6.07) is 5.90. The van der Waals surface area contributed by atoms with E-state index in [1.165, 1.54) is 24.3 Å². The van der Waals surface area contributed by atoms with Crippen molar-refractivity contribution in [2.24, 2.45) is 0 Å². The molecule has 2 N–H and O–H groups in total. The van der Waals surface area contributed by atoms with Gasteiger partial charge >= 0.3 is 11.5 Å². The van der Waals surface area contributed by atoms with Crippen molar-refractivity contribution in [2.45, 2.75) is 5.51 Å². The molecule has 8 heteroatoms. The number of carbonyl (C=O) groups is 1. The predicted octanol–water partition coefficient (Wildman–Crippen LogP) is 2.61. The Bertz CT molecular complexity index is 423. The molecule has 0 aliphatic heterocycles. The summed E-state index contributed by atoms with van der Waals surface area (Å²) in [7, 11) is 0. The molecule has 0 unspecified atom stereocenters. The Balaban J connectivity index is 2.11. The normalized spacial score (nSPS) is 11.3. The third kappa shape index (κ3) is 7.25. The summed E-state index contributed by atoms with van der Waals surface area (Å²) >= 11 is -0.0666. The molecule has 0 radical (unpaired) electrons. The zero-order chi connectivity index (χ0) is 15.0. The van der Waals surface area contributed by atoms with E-state index in [1.807, 2.05) is 0 Å². The zero-order valence-electron chi connectivity index (χ0n) is 10.4.